The molecule has 0 aliphatic heterocycles. The summed E-state index contributed by atoms with van der Waals surface area (Å²) >= 11 is 0. The molecule has 7 heteroatoms. The van der Waals surface area contributed by atoms with Crippen LogP contribution in [0.3, 0.4) is 0 Å². The summed E-state index contributed by atoms with van der Waals surface area (Å²) in [5, 5.41) is 0. The van der Waals surface area contributed by atoms with Crippen LogP contribution in [0.5, 0.6) is 0 Å². The van der Waals surface area contributed by atoms with Crippen molar-refractivity contribution in [2.75, 3.05) is 18.8 Å². The third-order valence-corrected chi connectivity index (χ3v) is 5.26. The Hall–Kier alpha value is -0.820. The second-order valence-corrected chi connectivity index (χ2v) is 9.82. The zero-order valence-corrected chi connectivity index (χ0v) is 15.9. The number of hydrogen-bond acceptors (Lipinski definition) is 6. The molecular weight excluding hydrogens is 322 g/mol. The van der Waals surface area contributed by atoms with Crippen molar-refractivity contribution < 1.29 is 19.1 Å². The monoisotopic (exact) mass is 349 g/mol. The number of hydrogen-bond donors (Lipinski definition) is 0. The minimum absolute atomic E-state index is 0.142. The Labute approximate surface area is 141 Å². The molecule has 128 valence electrons. The summed E-state index contributed by atoms with van der Waals surface area (Å²) in [5.41, 5.74) is -0.606. The zero-order valence-electron chi connectivity index (χ0n) is 14.3. The Morgan fingerprint density at radius 1 is 1.18 bits per heavy atom. The maximum Gasteiger partial charge on any atom is 0.410 e. The number of nitrogens with zero attached hydrogens (tertiary/aromatic N) is 1. The van der Waals surface area contributed by atoms with Gasteiger partial charge in [-0.1, -0.05) is 48.9 Å². The van der Waals surface area contributed by atoms with Gasteiger partial charge in [0.05, 0.1) is 6.26 Å². The highest BCUT2D eigenvalue weighted by Crippen LogP contribution is 2.34. The van der Waals surface area contributed by atoms with E-state index in [0.717, 1.165) is 6.26 Å². The van der Waals surface area contributed by atoms with Crippen molar-refractivity contribution in [1.29, 1.82) is 0 Å². The average Bonchev–Trinajstić information content (AvgIpc) is 2.29. The third-order valence-electron chi connectivity index (χ3n) is 1.94. The van der Waals surface area contributed by atoms with Gasteiger partial charge < -0.3 is 9.47 Å². The van der Waals surface area contributed by atoms with E-state index < -0.39 is 17.7 Å². The number of carbonyl (C=O) groups excluding carboxylic acids is 2. The molecule has 0 spiro atoms. The molecule has 0 aromatic carbocycles. The largest absolute Gasteiger partial charge is 0.444 e. The van der Waals surface area contributed by atoms with Crippen molar-refractivity contribution >= 4 is 33.7 Å². The van der Waals surface area contributed by atoms with Crippen LogP contribution in [0.2, 0.25) is 0 Å². The number of esters is 1. The van der Waals surface area contributed by atoms with Gasteiger partial charge in [0.15, 0.2) is 0 Å². The first-order chi connectivity index (χ1) is 9.94. The molecule has 0 fully saturated rings. The van der Waals surface area contributed by atoms with Gasteiger partial charge in [-0.2, -0.15) is 0 Å². The minimum atomic E-state index is -0.606. The average molecular weight is 350 g/mol. The molecule has 0 atom stereocenters. The molecule has 0 aliphatic carbocycles. The maximum absolute atomic E-state index is 12.1. The van der Waals surface area contributed by atoms with E-state index in [1.165, 1.54) is 4.90 Å². The predicted octanol–water partition coefficient (Wildman–Crippen LogP) is 4.09. The van der Waals surface area contributed by atoms with E-state index in [2.05, 4.69) is 32.1 Å². The fraction of sp³-hybridized carbons (Fsp3) is 0.733. The summed E-state index contributed by atoms with van der Waals surface area (Å²) in [6.45, 7) is 15.3. The van der Waals surface area contributed by atoms with E-state index in [1.54, 1.807) is 42.4 Å². The molecule has 5 nitrogen and oxygen atoms in total. The highest BCUT2D eigenvalue weighted by molar-refractivity contribution is 8.77. The number of carbonyl (C=O) groups is 2. The van der Waals surface area contributed by atoms with Gasteiger partial charge in [-0.05, 0) is 20.8 Å². The summed E-state index contributed by atoms with van der Waals surface area (Å²) in [5.74, 6) is 0.164. The summed E-state index contributed by atoms with van der Waals surface area (Å²) in [7, 11) is 3.39. The fourth-order valence-corrected chi connectivity index (χ4v) is 3.48. The standard InChI is InChI=1S/C15H27NO4S2/c1-8-19-12(17)11-16(13(18)20-14(2,3)4)9-10-21-22-15(5,6)7/h8H,1,9-11H2,2-7H3. The molecular formula is C15H27NO4S2. The van der Waals surface area contributed by atoms with Gasteiger partial charge in [-0.25, -0.2) is 9.59 Å². The Morgan fingerprint density at radius 3 is 2.23 bits per heavy atom. The lowest BCUT2D eigenvalue weighted by Gasteiger charge is -2.26. The lowest BCUT2D eigenvalue weighted by molar-refractivity contribution is -0.139. The lowest BCUT2D eigenvalue weighted by atomic mass is 10.2. The summed E-state index contributed by atoms with van der Waals surface area (Å²) in [6, 6.07) is 0. The molecule has 0 saturated heterocycles. The summed E-state index contributed by atoms with van der Waals surface area (Å²) in [4.78, 5) is 25.1. The Balaban J connectivity index is 4.55. The SMILES string of the molecule is C=COC(=O)CN(CCSSC(C)(C)C)C(=O)OC(C)(C)C. The van der Waals surface area contributed by atoms with Crippen LogP contribution in [0.1, 0.15) is 41.5 Å². The van der Waals surface area contributed by atoms with E-state index in [9.17, 15) is 9.59 Å². The van der Waals surface area contributed by atoms with E-state index in [0.29, 0.717) is 12.3 Å². The van der Waals surface area contributed by atoms with Crippen molar-refractivity contribution in [1.82, 2.24) is 4.90 Å². The molecule has 0 aromatic heterocycles. The van der Waals surface area contributed by atoms with Crippen LogP contribution in [0.15, 0.2) is 12.8 Å². The molecule has 0 rings (SSSR count). The second-order valence-electron chi connectivity index (χ2n) is 6.58. The molecule has 1 amide bonds. The highest BCUT2D eigenvalue weighted by Gasteiger charge is 2.24. The Bertz CT molecular complexity index is 386. The van der Waals surface area contributed by atoms with Gasteiger partial charge in [0.25, 0.3) is 0 Å². The van der Waals surface area contributed by atoms with Crippen LogP contribution >= 0.6 is 21.6 Å². The molecule has 0 N–H and O–H groups in total. The Morgan fingerprint density at radius 2 is 1.77 bits per heavy atom. The molecule has 22 heavy (non-hydrogen) atoms. The van der Waals surface area contributed by atoms with Crippen LogP contribution in [0.4, 0.5) is 4.79 Å². The predicted molar refractivity (Wildman–Crippen MR) is 93.9 cm³/mol. The lowest BCUT2D eigenvalue weighted by Crippen LogP contribution is -2.41. The highest BCUT2D eigenvalue weighted by atomic mass is 33.1. The van der Waals surface area contributed by atoms with Crippen LogP contribution < -0.4 is 0 Å². The first-order valence-corrected chi connectivity index (χ1v) is 9.35. The van der Waals surface area contributed by atoms with E-state index >= 15 is 0 Å². The second kappa shape index (κ2) is 9.35. The van der Waals surface area contributed by atoms with Crippen LogP contribution in [0, 0.1) is 0 Å². The molecule has 0 unspecified atom stereocenters. The topological polar surface area (TPSA) is 55.8 Å². The number of rotatable bonds is 7. The smallest absolute Gasteiger partial charge is 0.410 e. The van der Waals surface area contributed by atoms with Gasteiger partial charge >= 0.3 is 12.1 Å². The minimum Gasteiger partial charge on any atom is -0.444 e. The van der Waals surface area contributed by atoms with Gasteiger partial charge in [0, 0.05) is 17.0 Å². The maximum atomic E-state index is 12.1. The van der Waals surface area contributed by atoms with Crippen LogP contribution in [0.25, 0.3) is 0 Å². The van der Waals surface area contributed by atoms with Gasteiger partial charge in [-0.15, -0.1) is 0 Å². The molecule has 0 aromatic rings. The summed E-state index contributed by atoms with van der Waals surface area (Å²) < 4.78 is 10.1. The number of ether oxygens (including phenoxy) is 2. The fourth-order valence-electron chi connectivity index (χ4n) is 1.21. The van der Waals surface area contributed by atoms with E-state index in [4.69, 9.17) is 4.74 Å². The quantitative estimate of drug-likeness (QED) is 0.299. The first kappa shape index (κ1) is 21.2. The Kier molecular flexibility index (Phi) is 9.00. The first-order valence-electron chi connectivity index (χ1n) is 7.03. The van der Waals surface area contributed by atoms with E-state index in [1.807, 2.05) is 0 Å². The van der Waals surface area contributed by atoms with Crippen molar-refractivity contribution in [2.24, 2.45) is 0 Å². The molecule has 0 aliphatic rings. The van der Waals surface area contributed by atoms with Gasteiger partial charge in [0.1, 0.15) is 12.1 Å². The van der Waals surface area contributed by atoms with Crippen molar-refractivity contribution in [3.63, 3.8) is 0 Å². The molecule has 0 bridgehead atoms. The van der Waals surface area contributed by atoms with Crippen LogP contribution in [-0.2, 0) is 14.3 Å². The molecule has 0 saturated carbocycles. The summed E-state index contributed by atoms with van der Waals surface area (Å²) in [6.07, 6.45) is 0.537. The normalized spacial score (nSPS) is 11.7. The van der Waals surface area contributed by atoms with Crippen molar-refractivity contribution in [3.8, 4) is 0 Å². The molecule has 0 heterocycles. The van der Waals surface area contributed by atoms with Gasteiger partial charge in [-0.3, -0.25) is 4.90 Å². The van der Waals surface area contributed by atoms with Crippen LogP contribution in [-0.4, -0.2) is 46.2 Å². The third kappa shape index (κ3) is 11.8. The van der Waals surface area contributed by atoms with Crippen molar-refractivity contribution in [3.05, 3.63) is 12.8 Å². The van der Waals surface area contributed by atoms with E-state index in [-0.39, 0.29) is 11.3 Å². The van der Waals surface area contributed by atoms with Gasteiger partial charge in [0.2, 0.25) is 0 Å². The van der Waals surface area contributed by atoms with Crippen molar-refractivity contribution in [2.45, 2.75) is 51.9 Å². The molecule has 0 radical (unpaired) electrons. The zero-order chi connectivity index (χ0) is 17.4. The number of amides is 1.